The maximum absolute atomic E-state index is 11.2. The fourth-order valence-corrected chi connectivity index (χ4v) is 0.0766. The van der Waals surface area contributed by atoms with E-state index in [1.54, 1.807) is 0 Å². The van der Waals surface area contributed by atoms with Crippen molar-refractivity contribution in [2.75, 3.05) is 0 Å². The third kappa shape index (κ3) is 3.40. The second-order valence-corrected chi connectivity index (χ2v) is 0.775. The second kappa shape index (κ2) is 2.63. The molecule has 36 valence electrons. The van der Waals surface area contributed by atoms with E-state index in [0.29, 0.717) is 0 Å². The van der Waals surface area contributed by atoms with E-state index in [1.165, 1.54) is 0 Å². The van der Waals surface area contributed by atoms with Crippen molar-refractivity contribution >= 4 is 6.47 Å². The van der Waals surface area contributed by atoms with Gasteiger partial charge in [0.1, 0.15) is 0 Å². The topological polar surface area (TPSA) is 26.3 Å². The molecule has 0 aliphatic heterocycles. The van der Waals surface area contributed by atoms with Gasteiger partial charge in [-0.2, -0.15) is 0 Å². The van der Waals surface area contributed by atoms with Crippen molar-refractivity contribution in [2.45, 2.75) is 13.3 Å². The molecule has 0 rings (SSSR count). The Balaban J connectivity index is 2.81. The van der Waals surface area contributed by atoms with Gasteiger partial charge in [-0.05, 0) is 0 Å². The van der Waals surface area contributed by atoms with Crippen LogP contribution in [0.2, 0.25) is 0 Å². The van der Waals surface area contributed by atoms with Crippen LogP contribution in [0.25, 0.3) is 0 Å². The van der Waals surface area contributed by atoms with Crippen molar-refractivity contribution in [1.29, 1.82) is 0 Å². The minimum absolute atomic E-state index is 0.0741. The molecular formula is C3H5FO2. The number of hydrogen-bond acceptors (Lipinski definition) is 2. The first-order valence-electron chi connectivity index (χ1n) is 1.50. The number of carbonyl (C=O) groups excluding carboxylic acids is 1. The molecule has 0 radical (unpaired) electrons. The van der Waals surface area contributed by atoms with E-state index in [-0.39, 0.29) is 6.47 Å². The molecule has 0 amide bonds. The van der Waals surface area contributed by atoms with Crippen LogP contribution in [0.15, 0.2) is 0 Å². The van der Waals surface area contributed by atoms with Gasteiger partial charge in [-0.25, -0.2) is 4.39 Å². The van der Waals surface area contributed by atoms with Crippen molar-refractivity contribution in [2.24, 2.45) is 0 Å². The molecule has 0 N–H and O–H groups in total. The molecule has 0 aliphatic rings. The zero-order valence-corrected chi connectivity index (χ0v) is 3.35. The smallest absolute Gasteiger partial charge is 0.295 e. The fraction of sp³-hybridized carbons (Fsp3) is 0.667. The Bertz CT molecular complexity index is 44.1. The summed E-state index contributed by atoms with van der Waals surface area (Å²) in [6, 6.07) is 0. The van der Waals surface area contributed by atoms with Crippen molar-refractivity contribution in [1.82, 2.24) is 0 Å². The number of rotatable bonds is 2. The SMILES string of the molecule is CC(F)OC=O. The number of carbonyl (C=O) groups is 1. The number of alkyl halides is 1. The standard InChI is InChI=1S/C3H5FO2/c1-3(4)6-2-5/h2-3H,1H3. The summed E-state index contributed by atoms with van der Waals surface area (Å²) in [5.74, 6) is 0. The molecule has 0 aliphatic carbocycles. The summed E-state index contributed by atoms with van der Waals surface area (Å²) in [6.07, 6.45) is -1.47. The quantitative estimate of drug-likeness (QED) is 0.463. The molecule has 0 saturated heterocycles. The summed E-state index contributed by atoms with van der Waals surface area (Å²) in [6.45, 7) is 1.21. The van der Waals surface area contributed by atoms with Gasteiger partial charge in [-0.1, -0.05) is 0 Å². The molecule has 0 heterocycles. The molecule has 2 nitrogen and oxygen atoms in total. The zero-order valence-electron chi connectivity index (χ0n) is 3.35. The van der Waals surface area contributed by atoms with Gasteiger partial charge in [0, 0.05) is 6.92 Å². The lowest BCUT2D eigenvalue weighted by atomic mass is 10.8. The minimum atomic E-state index is -1.47. The van der Waals surface area contributed by atoms with Crippen LogP contribution in [-0.4, -0.2) is 12.8 Å². The Morgan fingerprint density at radius 3 is 2.50 bits per heavy atom. The Labute approximate surface area is 34.9 Å². The highest BCUT2D eigenvalue weighted by atomic mass is 19.1. The van der Waals surface area contributed by atoms with Crippen molar-refractivity contribution in [3.05, 3.63) is 0 Å². The molecule has 0 fully saturated rings. The Morgan fingerprint density at radius 2 is 2.50 bits per heavy atom. The van der Waals surface area contributed by atoms with Crippen LogP contribution in [0.4, 0.5) is 4.39 Å². The van der Waals surface area contributed by atoms with E-state index < -0.39 is 6.36 Å². The van der Waals surface area contributed by atoms with Crippen molar-refractivity contribution < 1.29 is 13.9 Å². The predicted molar refractivity (Wildman–Crippen MR) is 17.7 cm³/mol. The lowest BCUT2D eigenvalue weighted by Gasteiger charge is -1.91. The van der Waals surface area contributed by atoms with Gasteiger partial charge in [0.05, 0.1) is 0 Å². The van der Waals surface area contributed by atoms with E-state index in [0.717, 1.165) is 6.92 Å². The number of hydrogen-bond donors (Lipinski definition) is 0. The van der Waals surface area contributed by atoms with Crippen LogP contribution in [0.3, 0.4) is 0 Å². The summed E-state index contributed by atoms with van der Waals surface area (Å²) in [5.41, 5.74) is 0. The largest absolute Gasteiger partial charge is 0.434 e. The molecular weight excluding hydrogens is 87.0 g/mol. The van der Waals surface area contributed by atoms with Crippen LogP contribution >= 0.6 is 0 Å². The van der Waals surface area contributed by atoms with E-state index >= 15 is 0 Å². The molecule has 1 unspecified atom stereocenters. The van der Waals surface area contributed by atoms with Crippen LogP contribution in [-0.2, 0) is 9.53 Å². The van der Waals surface area contributed by atoms with Crippen LogP contribution in [0.5, 0.6) is 0 Å². The van der Waals surface area contributed by atoms with E-state index in [9.17, 15) is 4.39 Å². The zero-order chi connectivity index (χ0) is 4.99. The molecule has 0 aromatic heterocycles. The molecule has 0 spiro atoms. The van der Waals surface area contributed by atoms with Crippen molar-refractivity contribution in [3.8, 4) is 0 Å². The number of ether oxygens (including phenoxy) is 1. The van der Waals surface area contributed by atoms with Crippen molar-refractivity contribution in [3.63, 3.8) is 0 Å². The van der Waals surface area contributed by atoms with Gasteiger partial charge in [-0.15, -0.1) is 0 Å². The van der Waals surface area contributed by atoms with Gasteiger partial charge in [0.15, 0.2) is 0 Å². The highest BCUT2D eigenvalue weighted by Gasteiger charge is 1.89. The molecule has 0 aromatic rings. The van der Waals surface area contributed by atoms with Crippen LogP contribution < -0.4 is 0 Å². The van der Waals surface area contributed by atoms with Gasteiger partial charge in [-0.3, -0.25) is 4.79 Å². The lowest BCUT2D eigenvalue weighted by molar-refractivity contribution is -0.139. The summed E-state index contributed by atoms with van der Waals surface area (Å²) in [5, 5.41) is 0. The van der Waals surface area contributed by atoms with E-state index in [2.05, 4.69) is 4.74 Å². The first-order chi connectivity index (χ1) is 2.77. The lowest BCUT2D eigenvalue weighted by Crippen LogP contribution is -1.95. The van der Waals surface area contributed by atoms with Gasteiger partial charge < -0.3 is 4.74 Å². The maximum Gasteiger partial charge on any atom is 0.295 e. The average molecular weight is 92.1 g/mol. The van der Waals surface area contributed by atoms with Gasteiger partial charge in [0.25, 0.3) is 6.47 Å². The summed E-state index contributed by atoms with van der Waals surface area (Å²) in [7, 11) is 0. The molecule has 6 heavy (non-hydrogen) atoms. The fourth-order valence-electron chi connectivity index (χ4n) is 0.0766. The third-order valence-corrected chi connectivity index (χ3v) is 0.243. The summed E-state index contributed by atoms with van der Waals surface area (Å²) < 4.78 is 14.9. The Kier molecular flexibility index (Phi) is 2.36. The Morgan fingerprint density at radius 1 is 2.00 bits per heavy atom. The molecule has 0 aromatic carbocycles. The number of halogens is 1. The molecule has 3 heteroatoms. The highest BCUT2D eigenvalue weighted by molar-refractivity contribution is 5.36. The van der Waals surface area contributed by atoms with Crippen LogP contribution in [0, 0.1) is 0 Å². The van der Waals surface area contributed by atoms with Crippen LogP contribution in [0.1, 0.15) is 6.92 Å². The van der Waals surface area contributed by atoms with E-state index in [1.807, 2.05) is 0 Å². The van der Waals surface area contributed by atoms with Gasteiger partial charge in [0.2, 0.25) is 6.36 Å². The first-order valence-corrected chi connectivity index (χ1v) is 1.50. The average Bonchev–Trinajstić information content (AvgIpc) is 1.35. The predicted octanol–water partition coefficient (Wildman–Crippen LogP) is 0.475. The second-order valence-electron chi connectivity index (χ2n) is 0.775. The third-order valence-electron chi connectivity index (χ3n) is 0.243. The summed E-state index contributed by atoms with van der Waals surface area (Å²) in [4.78, 5) is 9.15. The van der Waals surface area contributed by atoms with E-state index in [4.69, 9.17) is 4.79 Å². The molecule has 0 bridgehead atoms. The molecule has 1 atom stereocenters. The highest BCUT2D eigenvalue weighted by Crippen LogP contribution is 1.83. The normalized spacial score (nSPS) is 13.0. The molecule has 0 saturated carbocycles. The monoisotopic (exact) mass is 92.0 g/mol. The maximum atomic E-state index is 11.2. The summed E-state index contributed by atoms with van der Waals surface area (Å²) >= 11 is 0. The Hall–Kier alpha value is -0.600. The minimum Gasteiger partial charge on any atom is -0.434 e. The van der Waals surface area contributed by atoms with Gasteiger partial charge >= 0.3 is 0 Å². The first kappa shape index (κ1) is 5.40.